The molecular weight excluding hydrogens is 270 g/mol. The Morgan fingerprint density at radius 2 is 1.75 bits per heavy atom. The number of aliphatic carboxylic acids is 1. The lowest BCUT2D eigenvalue weighted by molar-refractivity contribution is -0.206. The lowest BCUT2D eigenvalue weighted by Gasteiger charge is -2.18. The van der Waals surface area contributed by atoms with Crippen molar-refractivity contribution in [1.29, 1.82) is 0 Å². The molecule has 1 saturated heterocycles. The number of unbranched alkanes of at least 4 members (excludes halogenated alkanes) is 3. The van der Waals surface area contributed by atoms with Gasteiger partial charge in [0.1, 0.15) is 6.42 Å². The average Bonchev–Trinajstić information content (AvgIpc) is 2.56. The molecule has 0 aliphatic carbocycles. The molecule has 0 spiro atoms. The van der Waals surface area contributed by atoms with E-state index in [-0.39, 0.29) is 12.8 Å². The summed E-state index contributed by atoms with van der Waals surface area (Å²) in [7, 11) is 0. The molecule has 1 rings (SSSR count). The minimum absolute atomic E-state index is 0.00312. The topological polar surface area (TPSA) is 130 Å². The first-order valence-electron chi connectivity index (χ1n) is 6.34. The summed E-state index contributed by atoms with van der Waals surface area (Å²) in [4.78, 5) is 43.8. The third-order valence-corrected chi connectivity index (χ3v) is 2.81. The Hall–Kier alpha value is -1.96. The summed E-state index contributed by atoms with van der Waals surface area (Å²) in [6.45, 7) is 0. The molecule has 1 unspecified atom stereocenters. The van der Waals surface area contributed by atoms with E-state index in [0.717, 1.165) is 0 Å². The van der Waals surface area contributed by atoms with E-state index in [9.17, 15) is 24.3 Å². The van der Waals surface area contributed by atoms with Crippen molar-refractivity contribution in [1.82, 2.24) is 5.32 Å². The zero-order chi connectivity index (χ0) is 15.2. The predicted molar refractivity (Wildman–Crippen MR) is 64.1 cm³/mol. The van der Waals surface area contributed by atoms with E-state index < -0.39 is 36.0 Å². The fourth-order valence-electron chi connectivity index (χ4n) is 1.79. The van der Waals surface area contributed by atoms with E-state index in [0.29, 0.717) is 25.7 Å². The second kappa shape index (κ2) is 6.99. The summed E-state index contributed by atoms with van der Waals surface area (Å²) < 4.78 is 4.62. The van der Waals surface area contributed by atoms with Crippen LogP contribution in [0.4, 0.5) is 0 Å². The highest BCUT2D eigenvalue weighted by atomic mass is 16.7. The van der Waals surface area contributed by atoms with Crippen LogP contribution in [0, 0.1) is 0 Å². The van der Waals surface area contributed by atoms with Crippen LogP contribution in [-0.4, -0.2) is 39.8 Å². The van der Waals surface area contributed by atoms with E-state index in [2.05, 4.69) is 4.74 Å². The number of carboxylic acid groups (broad SMARTS) is 1. The normalized spacial score (nSPS) is 21.6. The highest BCUT2D eigenvalue weighted by Gasteiger charge is 2.48. The van der Waals surface area contributed by atoms with Crippen molar-refractivity contribution in [2.45, 2.75) is 50.7 Å². The molecule has 0 saturated carbocycles. The average molecular weight is 287 g/mol. The molecule has 0 radical (unpaired) electrons. The number of hydrogen-bond acceptors (Lipinski definition) is 6. The van der Waals surface area contributed by atoms with Crippen LogP contribution in [0.3, 0.4) is 0 Å². The Kier molecular flexibility index (Phi) is 5.63. The second-order valence-electron chi connectivity index (χ2n) is 4.62. The van der Waals surface area contributed by atoms with Gasteiger partial charge in [-0.05, 0) is 12.8 Å². The van der Waals surface area contributed by atoms with Crippen LogP contribution in [0.25, 0.3) is 0 Å². The summed E-state index contributed by atoms with van der Waals surface area (Å²) in [5.74, 6) is -5.74. The minimum atomic E-state index is -2.39. The van der Waals surface area contributed by atoms with Crippen LogP contribution in [-0.2, 0) is 23.9 Å². The van der Waals surface area contributed by atoms with E-state index in [1.165, 1.54) is 0 Å². The third-order valence-electron chi connectivity index (χ3n) is 2.81. The highest BCUT2D eigenvalue weighted by molar-refractivity contribution is 6.07. The van der Waals surface area contributed by atoms with Crippen molar-refractivity contribution < 1.29 is 34.1 Å². The van der Waals surface area contributed by atoms with Crippen LogP contribution in [0.2, 0.25) is 0 Å². The van der Waals surface area contributed by atoms with Gasteiger partial charge in [0, 0.05) is 12.8 Å². The summed E-state index contributed by atoms with van der Waals surface area (Å²) >= 11 is 0. The molecule has 1 aliphatic rings. The SMILES string of the molecule is O=C(O)CCCCCCC(=O)OC1(O)CC(=O)NC1=O. The molecule has 3 N–H and O–H groups in total. The molecule has 1 heterocycles. The number of carbonyl (C=O) groups is 4. The van der Waals surface area contributed by atoms with Crippen molar-refractivity contribution in [3.63, 3.8) is 0 Å². The standard InChI is InChI=1S/C12H17NO7/c14-8-7-12(19,11(18)13-8)20-10(17)6-4-2-1-3-5-9(15)16/h19H,1-7H2,(H,15,16)(H,13,14,18). The summed E-state index contributed by atoms with van der Waals surface area (Å²) in [6.07, 6.45) is 1.81. The van der Waals surface area contributed by atoms with Crippen molar-refractivity contribution in [2.75, 3.05) is 0 Å². The number of hydrogen-bond donors (Lipinski definition) is 3. The number of amides is 2. The Balaban J connectivity index is 2.19. The van der Waals surface area contributed by atoms with Crippen LogP contribution < -0.4 is 5.32 Å². The number of esters is 1. The van der Waals surface area contributed by atoms with Gasteiger partial charge in [0.25, 0.3) is 5.91 Å². The van der Waals surface area contributed by atoms with E-state index in [1.54, 1.807) is 0 Å². The van der Waals surface area contributed by atoms with Gasteiger partial charge >= 0.3 is 17.7 Å². The van der Waals surface area contributed by atoms with Crippen LogP contribution in [0.1, 0.15) is 44.9 Å². The summed E-state index contributed by atoms with van der Waals surface area (Å²) in [5.41, 5.74) is 0. The Morgan fingerprint density at radius 3 is 2.25 bits per heavy atom. The van der Waals surface area contributed by atoms with Crippen molar-refractivity contribution in [3.05, 3.63) is 0 Å². The number of rotatable bonds is 8. The number of carbonyl (C=O) groups excluding carboxylic acids is 3. The fourth-order valence-corrected chi connectivity index (χ4v) is 1.79. The molecule has 112 valence electrons. The van der Waals surface area contributed by atoms with Gasteiger partial charge in [-0.25, -0.2) is 0 Å². The van der Waals surface area contributed by atoms with E-state index in [4.69, 9.17) is 5.11 Å². The highest BCUT2D eigenvalue weighted by Crippen LogP contribution is 2.19. The molecule has 20 heavy (non-hydrogen) atoms. The van der Waals surface area contributed by atoms with Gasteiger partial charge < -0.3 is 14.9 Å². The molecule has 2 amide bonds. The largest absolute Gasteiger partial charge is 0.481 e. The van der Waals surface area contributed by atoms with Crippen molar-refractivity contribution in [3.8, 4) is 0 Å². The zero-order valence-electron chi connectivity index (χ0n) is 10.9. The Bertz CT molecular complexity index is 420. The molecule has 0 aromatic rings. The van der Waals surface area contributed by atoms with Crippen LogP contribution >= 0.6 is 0 Å². The summed E-state index contributed by atoms with van der Waals surface area (Å²) in [5, 5.41) is 19.9. The van der Waals surface area contributed by atoms with Crippen molar-refractivity contribution >= 4 is 23.8 Å². The van der Waals surface area contributed by atoms with Gasteiger partial charge in [-0.3, -0.25) is 24.5 Å². The molecule has 1 fully saturated rings. The summed E-state index contributed by atoms with van der Waals surface area (Å²) in [6, 6.07) is 0. The van der Waals surface area contributed by atoms with Crippen LogP contribution in [0.15, 0.2) is 0 Å². The lowest BCUT2D eigenvalue weighted by atomic mass is 10.1. The van der Waals surface area contributed by atoms with E-state index >= 15 is 0 Å². The molecule has 1 atom stereocenters. The van der Waals surface area contributed by atoms with Gasteiger partial charge in [-0.1, -0.05) is 12.8 Å². The van der Waals surface area contributed by atoms with Gasteiger partial charge in [0.15, 0.2) is 0 Å². The minimum Gasteiger partial charge on any atom is -0.481 e. The Labute approximate surface area is 115 Å². The first-order valence-corrected chi connectivity index (χ1v) is 6.34. The second-order valence-corrected chi connectivity index (χ2v) is 4.62. The number of ether oxygens (including phenoxy) is 1. The van der Waals surface area contributed by atoms with Gasteiger partial charge in [0.2, 0.25) is 5.91 Å². The van der Waals surface area contributed by atoms with E-state index in [1.807, 2.05) is 5.32 Å². The molecule has 0 aromatic heterocycles. The predicted octanol–water partition coefficient (Wildman–Crippen LogP) is -0.310. The molecule has 0 bridgehead atoms. The van der Waals surface area contributed by atoms with Gasteiger partial charge in [-0.15, -0.1) is 0 Å². The molecular formula is C12H17NO7. The maximum absolute atomic E-state index is 11.4. The van der Waals surface area contributed by atoms with Gasteiger partial charge in [0.05, 0.1) is 0 Å². The fraction of sp³-hybridized carbons (Fsp3) is 0.667. The quantitative estimate of drug-likeness (QED) is 0.241. The number of aliphatic hydroxyl groups is 1. The molecule has 8 nitrogen and oxygen atoms in total. The number of carboxylic acids is 1. The first kappa shape index (κ1) is 16.1. The number of nitrogens with one attached hydrogen (secondary N) is 1. The number of imide groups is 1. The first-order chi connectivity index (χ1) is 9.33. The molecule has 1 aliphatic heterocycles. The molecule has 8 heteroatoms. The monoisotopic (exact) mass is 287 g/mol. The van der Waals surface area contributed by atoms with Crippen molar-refractivity contribution in [2.24, 2.45) is 0 Å². The smallest absolute Gasteiger partial charge is 0.308 e. The lowest BCUT2D eigenvalue weighted by Crippen LogP contribution is -2.42. The Morgan fingerprint density at radius 1 is 1.15 bits per heavy atom. The molecule has 0 aromatic carbocycles. The van der Waals surface area contributed by atoms with Crippen LogP contribution in [0.5, 0.6) is 0 Å². The zero-order valence-corrected chi connectivity index (χ0v) is 10.9. The third kappa shape index (κ3) is 4.96. The van der Waals surface area contributed by atoms with Gasteiger partial charge in [-0.2, -0.15) is 0 Å². The maximum Gasteiger partial charge on any atom is 0.308 e. The maximum atomic E-state index is 11.4.